The summed E-state index contributed by atoms with van der Waals surface area (Å²) in [6.45, 7) is 0.365. The second-order valence-electron chi connectivity index (χ2n) is 7.76. The van der Waals surface area contributed by atoms with Crippen LogP contribution in [0.25, 0.3) is 11.3 Å². The largest absolute Gasteiger partial charge is 0.394 e. The number of rotatable bonds is 7. The summed E-state index contributed by atoms with van der Waals surface area (Å²) in [6, 6.07) is 15.0. The Balaban J connectivity index is 1.27. The standard InChI is InChI=1S/C23H26FN5O3/c24-19-9-5-4-8-18(19)21-14-29(28-27-21)13-12-17-10-11-20(22(15-30)32-17)26-23(31)25-16-6-2-1-3-7-16/h1-9,14,17,20,22,30H,10-13,15H2,(H2,25,26,31)/t17-,20+,22-/m0/s1. The second kappa shape index (κ2) is 10.3. The molecular weight excluding hydrogens is 413 g/mol. The molecule has 0 saturated carbocycles. The number of nitrogens with one attached hydrogen (secondary N) is 2. The van der Waals surface area contributed by atoms with Crippen molar-refractivity contribution < 1.29 is 19.0 Å². The van der Waals surface area contributed by atoms with E-state index in [1.807, 2.05) is 18.2 Å². The second-order valence-corrected chi connectivity index (χ2v) is 7.76. The molecule has 1 aliphatic heterocycles. The van der Waals surface area contributed by atoms with Crippen molar-refractivity contribution in [2.75, 3.05) is 11.9 Å². The molecule has 0 spiro atoms. The normalized spacial score (nSPS) is 20.6. The number of nitrogens with zero attached hydrogens (tertiary/aromatic N) is 3. The van der Waals surface area contributed by atoms with E-state index in [1.165, 1.54) is 6.07 Å². The number of ether oxygens (including phenoxy) is 1. The third kappa shape index (κ3) is 5.49. The fourth-order valence-corrected chi connectivity index (χ4v) is 3.84. The minimum Gasteiger partial charge on any atom is -0.394 e. The number of aryl methyl sites for hydroxylation is 1. The molecule has 168 valence electrons. The van der Waals surface area contributed by atoms with Gasteiger partial charge in [0.1, 0.15) is 17.6 Å². The molecule has 32 heavy (non-hydrogen) atoms. The Kier molecular flexibility index (Phi) is 7.08. The van der Waals surface area contributed by atoms with E-state index in [1.54, 1.807) is 41.2 Å². The number of halogens is 1. The molecule has 2 amide bonds. The van der Waals surface area contributed by atoms with E-state index in [0.717, 1.165) is 6.42 Å². The summed E-state index contributed by atoms with van der Waals surface area (Å²) in [7, 11) is 0. The van der Waals surface area contributed by atoms with Crippen LogP contribution in [0.3, 0.4) is 0 Å². The molecule has 8 nitrogen and oxygen atoms in total. The number of benzene rings is 2. The van der Waals surface area contributed by atoms with Gasteiger partial charge >= 0.3 is 6.03 Å². The number of aliphatic hydroxyl groups excluding tert-OH is 1. The zero-order valence-corrected chi connectivity index (χ0v) is 17.5. The highest BCUT2D eigenvalue weighted by Crippen LogP contribution is 2.23. The van der Waals surface area contributed by atoms with Crippen molar-refractivity contribution in [3.63, 3.8) is 0 Å². The van der Waals surface area contributed by atoms with E-state index < -0.39 is 6.10 Å². The zero-order chi connectivity index (χ0) is 22.3. The lowest BCUT2D eigenvalue weighted by Crippen LogP contribution is -2.52. The maximum atomic E-state index is 13.9. The summed E-state index contributed by atoms with van der Waals surface area (Å²) in [4.78, 5) is 12.3. The first kappa shape index (κ1) is 21.9. The van der Waals surface area contributed by atoms with Crippen LogP contribution < -0.4 is 10.6 Å². The van der Waals surface area contributed by atoms with Gasteiger partial charge < -0.3 is 20.5 Å². The molecule has 2 heterocycles. The Hall–Kier alpha value is -3.30. The van der Waals surface area contributed by atoms with E-state index in [9.17, 15) is 14.3 Å². The molecule has 1 aromatic heterocycles. The molecule has 3 aromatic rings. The molecule has 9 heteroatoms. The van der Waals surface area contributed by atoms with Crippen LogP contribution in [0.15, 0.2) is 60.8 Å². The van der Waals surface area contributed by atoms with Gasteiger partial charge in [0.05, 0.1) is 24.9 Å². The number of carbonyl (C=O) groups is 1. The molecule has 0 bridgehead atoms. The Morgan fingerprint density at radius 1 is 1.16 bits per heavy atom. The predicted molar refractivity (Wildman–Crippen MR) is 117 cm³/mol. The number of anilines is 1. The maximum Gasteiger partial charge on any atom is 0.319 e. The van der Waals surface area contributed by atoms with Crippen LogP contribution in [0.2, 0.25) is 0 Å². The first-order valence-corrected chi connectivity index (χ1v) is 10.7. The smallest absolute Gasteiger partial charge is 0.319 e. The summed E-state index contributed by atoms with van der Waals surface area (Å²) >= 11 is 0. The predicted octanol–water partition coefficient (Wildman–Crippen LogP) is 3.20. The van der Waals surface area contributed by atoms with E-state index >= 15 is 0 Å². The number of aliphatic hydroxyl groups is 1. The SMILES string of the molecule is O=C(Nc1ccccc1)N[C@@H]1CC[C@@H](CCn2cc(-c3ccccc3F)nn2)O[C@H]1CO. The molecule has 0 unspecified atom stereocenters. The summed E-state index contributed by atoms with van der Waals surface area (Å²) in [5.74, 6) is -0.337. The summed E-state index contributed by atoms with van der Waals surface area (Å²) in [5, 5.41) is 23.6. The van der Waals surface area contributed by atoms with E-state index in [2.05, 4.69) is 20.9 Å². The molecule has 0 radical (unpaired) electrons. The van der Waals surface area contributed by atoms with Crippen molar-refractivity contribution in [3.8, 4) is 11.3 Å². The molecule has 2 aromatic carbocycles. The lowest BCUT2D eigenvalue weighted by molar-refractivity contribution is -0.0905. The average Bonchev–Trinajstić information content (AvgIpc) is 3.28. The Morgan fingerprint density at radius 3 is 2.72 bits per heavy atom. The fourth-order valence-electron chi connectivity index (χ4n) is 3.84. The fraction of sp³-hybridized carbons (Fsp3) is 0.348. The number of hydrogen-bond acceptors (Lipinski definition) is 5. The van der Waals surface area contributed by atoms with Crippen molar-refractivity contribution in [2.45, 2.75) is 44.1 Å². The number of amides is 2. The topological polar surface area (TPSA) is 101 Å². The summed E-state index contributed by atoms with van der Waals surface area (Å²) in [5.41, 5.74) is 1.59. The van der Waals surface area contributed by atoms with Gasteiger partial charge in [0.15, 0.2) is 0 Å². The number of aromatic nitrogens is 3. The number of para-hydroxylation sites is 1. The molecular formula is C23H26FN5O3. The highest BCUT2D eigenvalue weighted by atomic mass is 19.1. The lowest BCUT2D eigenvalue weighted by atomic mass is 9.97. The van der Waals surface area contributed by atoms with Crippen molar-refractivity contribution in [2.24, 2.45) is 0 Å². The minimum atomic E-state index is -0.486. The molecule has 1 saturated heterocycles. The van der Waals surface area contributed by atoms with Crippen molar-refractivity contribution in [1.82, 2.24) is 20.3 Å². The van der Waals surface area contributed by atoms with Gasteiger partial charge in [-0.25, -0.2) is 9.18 Å². The van der Waals surface area contributed by atoms with Gasteiger partial charge in [-0.1, -0.05) is 35.5 Å². The zero-order valence-electron chi connectivity index (χ0n) is 17.5. The van der Waals surface area contributed by atoms with Crippen LogP contribution in [0.4, 0.5) is 14.9 Å². The maximum absolute atomic E-state index is 13.9. The molecule has 3 atom stereocenters. The van der Waals surface area contributed by atoms with Crippen LogP contribution in [-0.2, 0) is 11.3 Å². The van der Waals surface area contributed by atoms with Crippen molar-refractivity contribution in [3.05, 3.63) is 66.6 Å². The summed E-state index contributed by atoms with van der Waals surface area (Å²) < 4.78 is 21.6. The van der Waals surface area contributed by atoms with Gasteiger partial charge in [0.25, 0.3) is 0 Å². The van der Waals surface area contributed by atoms with Crippen molar-refractivity contribution in [1.29, 1.82) is 0 Å². The van der Waals surface area contributed by atoms with E-state index in [4.69, 9.17) is 4.74 Å². The first-order valence-electron chi connectivity index (χ1n) is 10.7. The van der Waals surface area contributed by atoms with Gasteiger partial charge in [-0.3, -0.25) is 4.68 Å². The molecule has 1 aliphatic rings. The van der Waals surface area contributed by atoms with Gasteiger partial charge in [-0.15, -0.1) is 5.10 Å². The highest BCUT2D eigenvalue weighted by molar-refractivity contribution is 5.89. The molecule has 4 rings (SSSR count). The third-order valence-electron chi connectivity index (χ3n) is 5.51. The number of urea groups is 1. The quantitative estimate of drug-likeness (QED) is 0.525. The average molecular weight is 439 g/mol. The van der Waals surface area contributed by atoms with Crippen LogP contribution in [0.1, 0.15) is 19.3 Å². The van der Waals surface area contributed by atoms with Crippen LogP contribution in [0.5, 0.6) is 0 Å². The monoisotopic (exact) mass is 439 g/mol. The van der Waals surface area contributed by atoms with Crippen LogP contribution in [0, 0.1) is 5.82 Å². The van der Waals surface area contributed by atoms with Crippen molar-refractivity contribution >= 4 is 11.7 Å². The third-order valence-corrected chi connectivity index (χ3v) is 5.51. The molecule has 3 N–H and O–H groups in total. The van der Waals surface area contributed by atoms with Crippen LogP contribution >= 0.6 is 0 Å². The van der Waals surface area contributed by atoms with Crippen LogP contribution in [-0.4, -0.2) is 51.0 Å². The summed E-state index contributed by atoms with van der Waals surface area (Å²) in [6.07, 6.45) is 3.24. The Bertz CT molecular complexity index is 1030. The minimum absolute atomic E-state index is 0.0801. The molecule has 0 aliphatic carbocycles. The van der Waals surface area contributed by atoms with Gasteiger partial charge in [-0.2, -0.15) is 0 Å². The Labute approximate surface area is 185 Å². The lowest BCUT2D eigenvalue weighted by Gasteiger charge is -2.36. The van der Waals surface area contributed by atoms with E-state index in [0.29, 0.717) is 36.3 Å². The molecule has 1 fully saturated rings. The number of carbonyl (C=O) groups excluding carboxylic acids is 1. The van der Waals surface area contributed by atoms with Gasteiger partial charge in [0, 0.05) is 17.8 Å². The van der Waals surface area contributed by atoms with Gasteiger partial charge in [-0.05, 0) is 43.5 Å². The van der Waals surface area contributed by atoms with Gasteiger partial charge in [0.2, 0.25) is 0 Å². The Morgan fingerprint density at radius 2 is 1.94 bits per heavy atom. The highest BCUT2D eigenvalue weighted by Gasteiger charge is 2.31. The first-order chi connectivity index (χ1) is 15.6. The number of hydrogen-bond donors (Lipinski definition) is 3. The van der Waals surface area contributed by atoms with E-state index in [-0.39, 0.29) is 30.6 Å².